The topological polar surface area (TPSA) is 71.3 Å². The van der Waals surface area contributed by atoms with Crippen LogP contribution in [-0.4, -0.2) is 46.1 Å². The highest BCUT2D eigenvalue weighted by atomic mass is 16.5. The summed E-state index contributed by atoms with van der Waals surface area (Å²) in [7, 11) is 0. The molecule has 3 rings (SSSR count). The molecule has 2 unspecified atom stereocenters. The first-order valence-corrected chi connectivity index (χ1v) is 7.39. The van der Waals surface area contributed by atoms with Crippen molar-refractivity contribution in [1.82, 2.24) is 20.4 Å². The van der Waals surface area contributed by atoms with Crippen LogP contribution < -0.4 is 5.32 Å². The van der Waals surface area contributed by atoms with Crippen LogP contribution in [0.25, 0.3) is 0 Å². The van der Waals surface area contributed by atoms with Gasteiger partial charge in [-0.2, -0.15) is 4.98 Å². The van der Waals surface area contributed by atoms with Crippen molar-refractivity contribution in [3.8, 4) is 0 Å². The van der Waals surface area contributed by atoms with E-state index in [1.54, 1.807) is 0 Å². The number of piperidine rings is 1. The van der Waals surface area contributed by atoms with Crippen LogP contribution in [0.5, 0.6) is 0 Å². The lowest BCUT2D eigenvalue weighted by molar-refractivity contribution is 0.0564. The zero-order chi connectivity index (χ0) is 14.2. The highest BCUT2D eigenvalue weighted by Gasteiger charge is 2.47. The van der Waals surface area contributed by atoms with Crippen LogP contribution in [-0.2, 0) is 0 Å². The van der Waals surface area contributed by atoms with Crippen LogP contribution in [0, 0.1) is 11.8 Å². The first-order chi connectivity index (χ1) is 9.60. The van der Waals surface area contributed by atoms with Gasteiger partial charge in [0.15, 0.2) is 0 Å². The predicted octanol–water partition coefficient (Wildman–Crippen LogP) is 1.31. The van der Waals surface area contributed by atoms with Gasteiger partial charge in [0.25, 0.3) is 11.7 Å². The number of hydrogen-bond acceptors (Lipinski definition) is 5. The van der Waals surface area contributed by atoms with Crippen molar-refractivity contribution < 1.29 is 9.32 Å². The average Bonchev–Trinajstić information content (AvgIpc) is 2.97. The zero-order valence-electron chi connectivity index (χ0n) is 12.1. The Hall–Kier alpha value is -1.43. The second kappa shape index (κ2) is 5.16. The molecule has 0 aromatic carbocycles. The number of aromatic nitrogens is 2. The van der Waals surface area contributed by atoms with E-state index in [1.807, 2.05) is 4.90 Å². The van der Waals surface area contributed by atoms with Gasteiger partial charge in [-0.3, -0.25) is 4.79 Å². The zero-order valence-corrected chi connectivity index (χ0v) is 12.1. The molecule has 2 aliphatic rings. The van der Waals surface area contributed by atoms with E-state index in [0.29, 0.717) is 11.8 Å². The van der Waals surface area contributed by atoms with Crippen molar-refractivity contribution in [2.45, 2.75) is 38.6 Å². The molecule has 1 amide bonds. The van der Waals surface area contributed by atoms with E-state index >= 15 is 0 Å². The fourth-order valence-corrected chi connectivity index (χ4v) is 2.96. The summed E-state index contributed by atoms with van der Waals surface area (Å²) < 4.78 is 4.71. The molecule has 6 heteroatoms. The molecule has 1 saturated heterocycles. The van der Waals surface area contributed by atoms with Gasteiger partial charge in [0.05, 0.1) is 0 Å². The van der Waals surface area contributed by atoms with Crippen molar-refractivity contribution >= 4 is 5.91 Å². The van der Waals surface area contributed by atoms with Crippen molar-refractivity contribution in [3.63, 3.8) is 0 Å². The Morgan fingerprint density at radius 2 is 2.40 bits per heavy atom. The van der Waals surface area contributed by atoms with Crippen LogP contribution in [0.15, 0.2) is 10.9 Å². The molecule has 1 aliphatic carbocycles. The van der Waals surface area contributed by atoms with Gasteiger partial charge < -0.3 is 14.7 Å². The van der Waals surface area contributed by atoms with E-state index in [1.165, 1.54) is 6.39 Å². The lowest BCUT2D eigenvalue weighted by atomic mass is 9.87. The van der Waals surface area contributed by atoms with E-state index < -0.39 is 0 Å². The van der Waals surface area contributed by atoms with Crippen molar-refractivity contribution in [1.29, 1.82) is 0 Å². The highest BCUT2D eigenvalue weighted by molar-refractivity contribution is 5.91. The van der Waals surface area contributed by atoms with Crippen molar-refractivity contribution in [3.05, 3.63) is 12.2 Å². The molecule has 1 aliphatic heterocycles. The van der Waals surface area contributed by atoms with E-state index in [0.717, 1.165) is 38.9 Å². The normalized spacial score (nSPS) is 28.1. The lowest BCUT2D eigenvalue weighted by Gasteiger charge is -2.37. The number of carbonyl (C=O) groups is 1. The van der Waals surface area contributed by atoms with Gasteiger partial charge in [-0.15, -0.1) is 0 Å². The largest absolute Gasteiger partial charge is 0.342 e. The molecule has 20 heavy (non-hydrogen) atoms. The molecular weight excluding hydrogens is 256 g/mol. The molecule has 1 aromatic rings. The summed E-state index contributed by atoms with van der Waals surface area (Å²) in [5.41, 5.74) is -0.0116. The third-order valence-electron chi connectivity index (χ3n) is 4.80. The smallest absolute Gasteiger partial charge is 0.295 e. The monoisotopic (exact) mass is 278 g/mol. The minimum atomic E-state index is -0.0931. The molecule has 1 aromatic heterocycles. The minimum Gasteiger partial charge on any atom is -0.342 e. The Morgan fingerprint density at radius 1 is 1.60 bits per heavy atom. The maximum absolute atomic E-state index is 12.6. The second-order valence-electron chi connectivity index (χ2n) is 6.40. The first-order valence-electron chi connectivity index (χ1n) is 7.39. The average molecular weight is 278 g/mol. The van der Waals surface area contributed by atoms with Crippen molar-refractivity contribution in [2.24, 2.45) is 11.8 Å². The van der Waals surface area contributed by atoms with Gasteiger partial charge in [0.1, 0.15) is 0 Å². The Labute approximate surface area is 118 Å². The number of rotatable bonds is 4. The fraction of sp³-hybridized carbons (Fsp3) is 0.786. The van der Waals surface area contributed by atoms with E-state index in [-0.39, 0.29) is 17.3 Å². The second-order valence-corrected chi connectivity index (χ2v) is 6.40. The van der Waals surface area contributed by atoms with Crippen LogP contribution in [0.3, 0.4) is 0 Å². The highest BCUT2D eigenvalue weighted by Crippen LogP contribution is 2.42. The Morgan fingerprint density at radius 3 is 3.00 bits per heavy atom. The third kappa shape index (κ3) is 2.57. The number of nitrogens with zero attached hydrogens (tertiary/aromatic N) is 3. The number of carbonyl (C=O) groups excluding carboxylic acids is 1. The Bertz CT molecular complexity index is 470. The lowest BCUT2D eigenvalue weighted by Crippen LogP contribution is -2.47. The SMILES string of the molecule is CC1CNCCC1CN(C(=O)c1ncon1)C1(C)CC1. The summed E-state index contributed by atoms with van der Waals surface area (Å²) in [5.74, 6) is 1.22. The number of hydrogen-bond donors (Lipinski definition) is 1. The molecule has 0 bridgehead atoms. The summed E-state index contributed by atoms with van der Waals surface area (Å²) in [4.78, 5) is 18.5. The molecule has 2 atom stereocenters. The van der Waals surface area contributed by atoms with Crippen LogP contribution in [0.4, 0.5) is 0 Å². The first kappa shape index (κ1) is 13.5. The summed E-state index contributed by atoms with van der Waals surface area (Å²) in [5, 5.41) is 7.11. The van der Waals surface area contributed by atoms with E-state index in [9.17, 15) is 4.79 Å². The minimum absolute atomic E-state index is 0.0116. The van der Waals surface area contributed by atoms with Crippen molar-refractivity contribution in [2.75, 3.05) is 19.6 Å². The van der Waals surface area contributed by atoms with Gasteiger partial charge in [0, 0.05) is 12.1 Å². The standard InChI is InChI=1S/C14H22N4O2/c1-10-7-15-6-3-11(10)8-18(14(2)4-5-14)13(19)12-16-9-20-17-12/h9-11,15H,3-8H2,1-2H3. The molecule has 0 spiro atoms. The number of nitrogens with one attached hydrogen (secondary N) is 1. The van der Waals surface area contributed by atoms with Gasteiger partial charge in [-0.1, -0.05) is 12.1 Å². The molecule has 2 fully saturated rings. The Kier molecular flexibility index (Phi) is 3.50. The molecule has 6 nitrogen and oxygen atoms in total. The van der Waals surface area contributed by atoms with Gasteiger partial charge >= 0.3 is 0 Å². The predicted molar refractivity (Wildman–Crippen MR) is 73.1 cm³/mol. The van der Waals surface area contributed by atoms with Crippen LogP contribution in [0.1, 0.15) is 43.7 Å². The van der Waals surface area contributed by atoms with Gasteiger partial charge in [-0.05, 0) is 51.1 Å². The summed E-state index contributed by atoms with van der Waals surface area (Å²) >= 11 is 0. The van der Waals surface area contributed by atoms with Gasteiger partial charge in [-0.25, -0.2) is 0 Å². The maximum Gasteiger partial charge on any atom is 0.295 e. The molecule has 110 valence electrons. The van der Waals surface area contributed by atoms with E-state index in [4.69, 9.17) is 4.52 Å². The molecular formula is C14H22N4O2. The van der Waals surface area contributed by atoms with Crippen LogP contribution >= 0.6 is 0 Å². The molecule has 1 N–H and O–H groups in total. The van der Waals surface area contributed by atoms with Crippen LogP contribution in [0.2, 0.25) is 0 Å². The van der Waals surface area contributed by atoms with Gasteiger partial charge in [0.2, 0.25) is 6.39 Å². The molecule has 2 heterocycles. The number of amides is 1. The summed E-state index contributed by atoms with van der Waals surface area (Å²) in [6.45, 7) is 7.27. The molecule has 0 radical (unpaired) electrons. The molecule has 1 saturated carbocycles. The maximum atomic E-state index is 12.6. The summed E-state index contributed by atoms with van der Waals surface area (Å²) in [6, 6.07) is 0. The third-order valence-corrected chi connectivity index (χ3v) is 4.80. The quantitative estimate of drug-likeness (QED) is 0.899. The fourth-order valence-electron chi connectivity index (χ4n) is 2.96. The summed E-state index contributed by atoms with van der Waals surface area (Å²) in [6.07, 6.45) is 4.47. The van der Waals surface area contributed by atoms with E-state index in [2.05, 4.69) is 29.3 Å². The Balaban J connectivity index is 1.75.